The molecule has 4 aliphatic rings. The number of halogens is 1. The van der Waals surface area contributed by atoms with Crippen LogP contribution in [0.3, 0.4) is 0 Å². The molecular formula is C23H40FN3O. The van der Waals surface area contributed by atoms with Crippen molar-refractivity contribution < 1.29 is 9.18 Å². The van der Waals surface area contributed by atoms with E-state index >= 15 is 0 Å². The molecule has 3 aliphatic carbocycles. The van der Waals surface area contributed by atoms with Crippen molar-refractivity contribution in [1.29, 1.82) is 0 Å². The quantitative estimate of drug-likeness (QED) is 0.768. The van der Waals surface area contributed by atoms with Crippen LogP contribution in [-0.2, 0) is 4.79 Å². The molecule has 0 spiro atoms. The minimum atomic E-state index is -0.738. The Kier molecular flexibility index (Phi) is 6.32. The van der Waals surface area contributed by atoms with Gasteiger partial charge in [0.05, 0.1) is 6.04 Å². The topological polar surface area (TPSA) is 44.4 Å². The molecule has 0 bridgehead atoms. The Bertz CT molecular complexity index is 538. The number of alkyl halides is 1. The van der Waals surface area contributed by atoms with E-state index in [1.807, 2.05) is 0 Å². The number of carbonyl (C=O) groups is 1. The lowest BCUT2D eigenvalue weighted by atomic mass is 9.76. The summed E-state index contributed by atoms with van der Waals surface area (Å²) in [5, 5.41) is 6.84. The second-order valence-corrected chi connectivity index (χ2v) is 10.5. The molecule has 1 amide bonds. The molecule has 4 rings (SSSR count). The maximum atomic E-state index is 14.3. The lowest BCUT2D eigenvalue weighted by Gasteiger charge is -2.34. The van der Waals surface area contributed by atoms with Crippen LogP contribution >= 0.6 is 0 Å². The molecule has 160 valence electrons. The van der Waals surface area contributed by atoms with E-state index < -0.39 is 6.17 Å². The van der Waals surface area contributed by atoms with Gasteiger partial charge in [0.25, 0.3) is 0 Å². The molecule has 9 atom stereocenters. The molecule has 3 saturated carbocycles. The highest BCUT2D eigenvalue weighted by Gasteiger charge is 2.46. The number of hydrogen-bond donors (Lipinski definition) is 2. The highest BCUT2D eigenvalue weighted by molar-refractivity contribution is 5.82. The average molecular weight is 394 g/mol. The zero-order valence-electron chi connectivity index (χ0n) is 18.0. The molecule has 9 unspecified atom stereocenters. The van der Waals surface area contributed by atoms with Gasteiger partial charge in [-0.25, -0.2) is 4.39 Å². The van der Waals surface area contributed by atoms with Crippen molar-refractivity contribution in [1.82, 2.24) is 15.5 Å². The van der Waals surface area contributed by atoms with Crippen LogP contribution in [0, 0.1) is 23.7 Å². The Labute approximate surface area is 170 Å². The third-order valence-electron chi connectivity index (χ3n) is 8.56. The van der Waals surface area contributed by atoms with Crippen LogP contribution in [0.15, 0.2) is 0 Å². The highest BCUT2D eigenvalue weighted by Crippen LogP contribution is 2.41. The minimum absolute atomic E-state index is 0.0278. The van der Waals surface area contributed by atoms with E-state index in [-0.39, 0.29) is 23.9 Å². The molecule has 0 radical (unpaired) electrons. The third-order valence-corrected chi connectivity index (χ3v) is 8.56. The van der Waals surface area contributed by atoms with E-state index in [9.17, 15) is 9.18 Å². The van der Waals surface area contributed by atoms with Crippen molar-refractivity contribution in [2.45, 2.75) is 101 Å². The predicted octanol–water partition coefficient (Wildman–Crippen LogP) is 3.51. The number of rotatable bonds is 4. The average Bonchev–Trinajstić information content (AvgIpc) is 3.33. The van der Waals surface area contributed by atoms with Crippen LogP contribution in [0.25, 0.3) is 0 Å². The smallest absolute Gasteiger partial charge is 0.237 e. The molecule has 4 fully saturated rings. The van der Waals surface area contributed by atoms with Gasteiger partial charge < -0.3 is 15.5 Å². The van der Waals surface area contributed by atoms with Gasteiger partial charge in [-0.05, 0) is 83.2 Å². The largest absolute Gasteiger partial charge is 0.352 e. The minimum Gasteiger partial charge on any atom is -0.352 e. The number of nitrogens with one attached hydrogen (secondary N) is 2. The SMILES string of the molecule is CC1CCC(F)C2CC(C(=O)NC3CCCC(C4CCC(N(C)C)C4)C3)NC12. The first kappa shape index (κ1) is 20.6. The van der Waals surface area contributed by atoms with Gasteiger partial charge in [-0.2, -0.15) is 0 Å². The van der Waals surface area contributed by atoms with Crippen LogP contribution in [-0.4, -0.2) is 55.2 Å². The third kappa shape index (κ3) is 4.26. The van der Waals surface area contributed by atoms with E-state index in [2.05, 4.69) is 36.6 Å². The summed E-state index contributed by atoms with van der Waals surface area (Å²) in [5.41, 5.74) is 0. The van der Waals surface area contributed by atoms with Gasteiger partial charge in [0.15, 0.2) is 0 Å². The van der Waals surface area contributed by atoms with Gasteiger partial charge >= 0.3 is 0 Å². The zero-order valence-corrected chi connectivity index (χ0v) is 18.0. The van der Waals surface area contributed by atoms with E-state index in [1.165, 1.54) is 32.1 Å². The van der Waals surface area contributed by atoms with Crippen LogP contribution in [0.1, 0.15) is 71.1 Å². The van der Waals surface area contributed by atoms with Crippen LogP contribution in [0.2, 0.25) is 0 Å². The summed E-state index contributed by atoms with van der Waals surface area (Å²) in [4.78, 5) is 15.3. The number of hydrogen-bond acceptors (Lipinski definition) is 3. The van der Waals surface area contributed by atoms with Gasteiger partial charge in [0.2, 0.25) is 5.91 Å². The number of nitrogens with zero attached hydrogens (tertiary/aromatic N) is 1. The van der Waals surface area contributed by atoms with Crippen molar-refractivity contribution in [3.63, 3.8) is 0 Å². The molecule has 0 aromatic rings. The summed E-state index contributed by atoms with van der Waals surface area (Å²) < 4.78 is 14.3. The first-order valence-corrected chi connectivity index (χ1v) is 11.8. The van der Waals surface area contributed by atoms with Crippen LogP contribution in [0.4, 0.5) is 4.39 Å². The van der Waals surface area contributed by atoms with Gasteiger partial charge in [-0.3, -0.25) is 4.79 Å². The lowest BCUT2D eigenvalue weighted by molar-refractivity contribution is -0.124. The standard InChI is InChI=1S/C23H40FN3O/c1-14-7-10-20(24)19-13-21(26-22(14)19)23(28)25-17-6-4-5-15(11-17)16-8-9-18(12-16)27(2)3/h14-22,26H,4-13H2,1-3H3,(H,25,28). The summed E-state index contributed by atoms with van der Waals surface area (Å²) in [7, 11) is 4.40. The summed E-state index contributed by atoms with van der Waals surface area (Å²) in [6.07, 6.45) is 10.3. The van der Waals surface area contributed by atoms with Crippen LogP contribution in [0.5, 0.6) is 0 Å². The molecule has 5 heteroatoms. The van der Waals surface area contributed by atoms with Crippen molar-refractivity contribution in [3.05, 3.63) is 0 Å². The molecule has 0 aromatic heterocycles. The fourth-order valence-corrected chi connectivity index (χ4v) is 6.78. The fraction of sp³-hybridized carbons (Fsp3) is 0.957. The second kappa shape index (κ2) is 8.59. The highest BCUT2D eigenvalue weighted by atomic mass is 19.1. The summed E-state index contributed by atoms with van der Waals surface area (Å²) in [6, 6.07) is 1.04. The first-order valence-electron chi connectivity index (χ1n) is 11.8. The summed E-state index contributed by atoms with van der Waals surface area (Å²) >= 11 is 0. The maximum absolute atomic E-state index is 14.3. The molecule has 4 nitrogen and oxygen atoms in total. The molecular weight excluding hydrogens is 353 g/mol. The van der Waals surface area contributed by atoms with E-state index in [0.29, 0.717) is 24.8 Å². The molecule has 1 heterocycles. The van der Waals surface area contributed by atoms with E-state index in [0.717, 1.165) is 37.1 Å². The van der Waals surface area contributed by atoms with Crippen molar-refractivity contribution >= 4 is 5.91 Å². The predicted molar refractivity (Wildman–Crippen MR) is 111 cm³/mol. The molecule has 1 saturated heterocycles. The maximum Gasteiger partial charge on any atom is 0.237 e. The normalized spacial score (nSPS) is 46.5. The Hall–Kier alpha value is -0.680. The lowest BCUT2D eigenvalue weighted by Crippen LogP contribution is -2.49. The fourth-order valence-electron chi connectivity index (χ4n) is 6.78. The molecule has 28 heavy (non-hydrogen) atoms. The number of fused-ring (bicyclic) bond motifs is 1. The summed E-state index contributed by atoms with van der Waals surface area (Å²) in [6.45, 7) is 2.20. The zero-order chi connectivity index (χ0) is 19.8. The summed E-state index contributed by atoms with van der Waals surface area (Å²) in [5.74, 6) is 2.21. The Balaban J connectivity index is 1.29. The second-order valence-electron chi connectivity index (χ2n) is 10.5. The monoisotopic (exact) mass is 393 g/mol. The van der Waals surface area contributed by atoms with Crippen molar-refractivity contribution in [2.24, 2.45) is 23.7 Å². The van der Waals surface area contributed by atoms with Crippen LogP contribution < -0.4 is 10.6 Å². The Morgan fingerprint density at radius 3 is 2.50 bits per heavy atom. The molecule has 0 aromatic carbocycles. The number of amides is 1. The van der Waals surface area contributed by atoms with Gasteiger partial charge in [-0.1, -0.05) is 19.8 Å². The molecule has 1 aliphatic heterocycles. The number of carbonyl (C=O) groups excluding carboxylic acids is 1. The van der Waals surface area contributed by atoms with Crippen molar-refractivity contribution in [2.75, 3.05) is 14.1 Å². The van der Waals surface area contributed by atoms with Gasteiger partial charge in [-0.15, -0.1) is 0 Å². The Morgan fingerprint density at radius 2 is 1.79 bits per heavy atom. The van der Waals surface area contributed by atoms with Crippen molar-refractivity contribution in [3.8, 4) is 0 Å². The first-order chi connectivity index (χ1) is 13.4. The van der Waals surface area contributed by atoms with Gasteiger partial charge in [0.1, 0.15) is 6.17 Å². The van der Waals surface area contributed by atoms with Gasteiger partial charge in [0, 0.05) is 24.0 Å². The van der Waals surface area contributed by atoms with E-state index in [4.69, 9.17) is 0 Å². The van der Waals surface area contributed by atoms with E-state index in [1.54, 1.807) is 0 Å². The molecule has 2 N–H and O–H groups in total. The Morgan fingerprint density at radius 1 is 1.00 bits per heavy atom.